The number of nitrogens with zero attached hydrogens (tertiary/aromatic N) is 2. The van der Waals surface area contributed by atoms with Crippen LogP contribution in [0.4, 0.5) is 0 Å². The van der Waals surface area contributed by atoms with E-state index in [1.807, 2.05) is 0 Å². The molecule has 0 spiro atoms. The minimum absolute atomic E-state index is 0.00435. The number of rotatable bonds is 4. The van der Waals surface area contributed by atoms with Crippen LogP contribution in [0.3, 0.4) is 0 Å². The maximum Gasteiger partial charge on any atom is 0.356 e. The van der Waals surface area contributed by atoms with Crippen LogP contribution in [0.2, 0.25) is 0 Å². The van der Waals surface area contributed by atoms with E-state index in [-0.39, 0.29) is 12.2 Å². The van der Waals surface area contributed by atoms with Crippen molar-refractivity contribution in [2.45, 2.75) is 12.6 Å². The maximum atomic E-state index is 10.4. The Hall–Kier alpha value is -1.89. The number of carboxylic acids is 2. The summed E-state index contributed by atoms with van der Waals surface area (Å²) < 4.78 is 1.32. The van der Waals surface area contributed by atoms with Crippen molar-refractivity contribution < 1.29 is 19.8 Å². The Balaban J connectivity index is 2.69. The van der Waals surface area contributed by atoms with E-state index in [1.165, 1.54) is 17.1 Å². The van der Waals surface area contributed by atoms with Crippen LogP contribution < -0.4 is 5.73 Å². The number of hydrogen-bond donors (Lipinski definition) is 3. The molecule has 7 nitrogen and oxygen atoms in total. The largest absolute Gasteiger partial charge is 0.480 e. The zero-order valence-corrected chi connectivity index (χ0v) is 7.12. The molecule has 1 rings (SSSR count). The van der Waals surface area contributed by atoms with Gasteiger partial charge in [0.1, 0.15) is 6.04 Å². The van der Waals surface area contributed by atoms with E-state index in [2.05, 4.69) is 4.98 Å². The van der Waals surface area contributed by atoms with E-state index < -0.39 is 18.0 Å². The van der Waals surface area contributed by atoms with Crippen LogP contribution in [0.1, 0.15) is 10.5 Å². The third-order valence-electron chi connectivity index (χ3n) is 1.58. The van der Waals surface area contributed by atoms with Gasteiger partial charge < -0.3 is 20.5 Å². The molecule has 0 unspecified atom stereocenters. The number of aliphatic carboxylic acids is 1. The molecule has 0 fully saturated rings. The first-order valence-electron chi connectivity index (χ1n) is 3.74. The number of carbonyl (C=O) groups is 2. The fourth-order valence-electron chi connectivity index (χ4n) is 0.876. The summed E-state index contributed by atoms with van der Waals surface area (Å²) in [5.41, 5.74) is 5.10. The second-order valence-corrected chi connectivity index (χ2v) is 2.71. The summed E-state index contributed by atoms with van der Waals surface area (Å²) in [6, 6.07) is -1.06. The van der Waals surface area contributed by atoms with Crippen molar-refractivity contribution in [1.82, 2.24) is 9.55 Å². The van der Waals surface area contributed by atoms with Crippen molar-refractivity contribution in [2.75, 3.05) is 0 Å². The zero-order chi connectivity index (χ0) is 10.7. The number of carboxylic acid groups (broad SMARTS) is 2. The molecule has 0 aliphatic heterocycles. The fourth-order valence-corrected chi connectivity index (χ4v) is 0.876. The normalized spacial score (nSPS) is 12.4. The SMILES string of the molecule is N[C@@H](Cn1cnc(C(=O)O)c1)C(=O)O. The molecule has 1 atom stereocenters. The van der Waals surface area contributed by atoms with Gasteiger partial charge in [-0.05, 0) is 0 Å². The molecule has 1 aromatic rings. The average molecular weight is 199 g/mol. The first kappa shape index (κ1) is 10.2. The molecular formula is C7H9N3O4. The molecule has 1 heterocycles. The minimum Gasteiger partial charge on any atom is -0.480 e. The van der Waals surface area contributed by atoms with Gasteiger partial charge in [0.2, 0.25) is 0 Å². The van der Waals surface area contributed by atoms with Crippen LogP contribution in [0.25, 0.3) is 0 Å². The van der Waals surface area contributed by atoms with Crippen molar-refractivity contribution >= 4 is 11.9 Å². The van der Waals surface area contributed by atoms with E-state index in [0.717, 1.165) is 0 Å². The van der Waals surface area contributed by atoms with Gasteiger partial charge in [0.05, 0.1) is 6.33 Å². The molecule has 1 aromatic heterocycles. The Morgan fingerprint density at radius 1 is 1.57 bits per heavy atom. The summed E-state index contributed by atoms with van der Waals surface area (Å²) >= 11 is 0. The van der Waals surface area contributed by atoms with Crippen molar-refractivity contribution in [3.8, 4) is 0 Å². The predicted molar refractivity (Wildman–Crippen MR) is 44.8 cm³/mol. The van der Waals surface area contributed by atoms with E-state index in [4.69, 9.17) is 15.9 Å². The molecular weight excluding hydrogens is 190 g/mol. The van der Waals surface area contributed by atoms with E-state index in [9.17, 15) is 9.59 Å². The molecule has 4 N–H and O–H groups in total. The first-order chi connectivity index (χ1) is 6.50. The van der Waals surface area contributed by atoms with Crippen LogP contribution >= 0.6 is 0 Å². The fraction of sp³-hybridized carbons (Fsp3) is 0.286. The summed E-state index contributed by atoms with van der Waals surface area (Å²) in [5.74, 6) is -2.30. The Bertz CT molecular complexity index is 360. The van der Waals surface area contributed by atoms with E-state index in [0.29, 0.717) is 0 Å². The van der Waals surface area contributed by atoms with Crippen molar-refractivity contribution in [3.63, 3.8) is 0 Å². The number of nitrogens with two attached hydrogens (primary N) is 1. The van der Waals surface area contributed by atoms with Gasteiger partial charge in [0, 0.05) is 12.7 Å². The lowest BCUT2D eigenvalue weighted by Gasteiger charge is -2.05. The molecule has 7 heteroatoms. The second kappa shape index (κ2) is 3.88. The Morgan fingerprint density at radius 2 is 2.21 bits per heavy atom. The summed E-state index contributed by atoms with van der Waals surface area (Å²) in [5, 5.41) is 17.0. The Labute approximate surface area is 78.8 Å². The molecule has 0 radical (unpaired) electrons. The standard InChI is InChI=1S/C7H9N3O4/c8-4(6(11)12)1-10-2-5(7(13)14)9-3-10/h2-4H,1,8H2,(H,11,12)(H,13,14)/t4-/m0/s1. The molecule has 0 bridgehead atoms. The minimum atomic E-state index is -1.16. The van der Waals surface area contributed by atoms with Gasteiger partial charge in [0.25, 0.3) is 0 Å². The van der Waals surface area contributed by atoms with Gasteiger partial charge in [-0.15, -0.1) is 0 Å². The van der Waals surface area contributed by atoms with Crippen LogP contribution in [0.5, 0.6) is 0 Å². The lowest BCUT2D eigenvalue weighted by molar-refractivity contribution is -0.138. The number of aromatic nitrogens is 2. The molecule has 0 saturated carbocycles. The van der Waals surface area contributed by atoms with Gasteiger partial charge in [-0.1, -0.05) is 0 Å². The van der Waals surface area contributed by atoms with Gasteiger partial charge in [-0.2, -0.15) is 0 Å². The molecule has 0 amide bonds. The quantitative estimate of drug-likeness (QED) is 0.571. The Morgan fingerprint density at radius 3 is 2.64 bits per heavy atom. The number of hydrogen-bond acceptors (Lipinski definition) is 4. The summed E-state index contributed by atoms with van der Waals surface area (Å²) in [6.45, 7) is -0.00435. The van der Waals surface area contributed by atoms with Crippen LogP contribution in [0, 0.1) is 0 Å². The van der Waals surface area contributed by atoms with E-state index >= 15 is 0 Å². The van der Waals surface area contributed by atoms with Crippen molar-refractivity contribution in [3.05, 3.63) is 18.2 Å². The molecule has 14 heavy (non-hydrogen) atoms. The van der Waals surface area contributed by atoms with Gasteiger partial charge >= 0.3 is 11.9 Å². The summed E-state index contributed by atoms with van der Waals surface area (Å²) in [7, 11) is 0. The van der Waals surface area contributed by atoms with Gasteiger partial charge in [-0.3, -0.25) is 4.79 Å². The topological polar surface area (TPSA) is 118 Å². The highest BCUT2D eigenvalue weighted by Gasteiger charge is 2.13. The Kier molecular flexibility index (Phi) is 2.82. The molecule has 0 aliphatic rings. The molecule has 0 saturated heterocycles. The number of aromatic carboxylic acids is 1. The first-order valence-corrected chi connectivity index (χ1v) is 3.74. The van der Waals surface area contributed by atoms with Crippen molar-refractivity contribution in [1.29, 1.82) is 0 Å². The average Bonchev–Trinajstić information content (AvgIpc) is 2.52. The number of imidazole rings is 1. The molecule has 0 aromatic carbocycles. The monoisotopic (exact) mass is 199 g/mol. The summed E-state index contributed by atoms with van der Waals surface area (Å²) in [4.78, 5) is 24.3. The third-order valence-corrected chi connectivity index (χ3v) is 1.58. The highest BCUT2D eigenvalue weighted by Crippen LogP contribution is 1.97. The molecule has 0 aliphatic carbocycles. The van der Waals surface area contributed by atoms with Crippen LogP contribution in [-0.4, -0.2) is 37.7 Å². The van der Waals surface area contributed by atoms with Crippen LogP contribution in [-0.2, 0) is 11.3 Å². The zero-order valence-electron chi connectivity index (χ0n) is 7.12. The maximum absolute atomic E-state index is 10.4. The highest BCUT2D eigenvalue weighted by molar-refractivity contribution is 5.84. The lowest BCUT2D eigenvalue weighted by atomic mass is 10.3. The van der Waals surface area contributed by atoms with Crippen molar-refractivity contribution in [2.24, 2.45) is 5.73 Å². The van der Waals surface area contributed by atoms with E-state index in [1.54, 1.807) is 0 Å². The highest BCUT2D eigenvalue weighted by atomic mass is 16.4. The molecule has 76 valence electrons. The van der Waals surface area contributed by atoms with Gasteiger partial charge in [0.15, 0.2) is 5.69 Å². The summed E-state index contributed by atoms with van der Waals surface area (Å²) in [6.07, 6.45) is 2.46. The predicted octanol–water partition coefficient (Wildman–Crippen LogP) is -1.01. The lowest BCUT2D eigenvalue weighted by Crippen LogP contribution is -2.34. The van der Waals surface area contributed by atoms with Gasteiger partial charge in [-0.25, -0.2) is 9.78 Å². The van der Waals surface area contributed by atoms with Crippen LogP contribution in [0.15, 0.2) is 12.5 Å². The second-order valence-electron chi connectivity index (χ2n) is 2.71. The smallest absolute Gasteiger partial charge is 0.356 e. The third kappa shape index (κ3) is 2.30.